The lowest BCUT2D eigenvalue weighted by atomic mass is 10.0. The number of rotatable bonds is 2. The fraction of sp³-hybridized carbons (Fsp3) is 0.353. The van der Waals surface area contributed by atoms with Crippen LogP contribution in [-0.2, 0) is 11.3 Å². The van der Waals surface area contributed by atoms with Gasteiger partial charge in [-0.05, 0) is 16.8 Å². The molecule has 2 aromatic carbocycles. The van der Waals surface area contributed by atoms with Crippen LogP contribution in [0.15, 0.2) is 36.4 Å². The van der Waals surface area contributed by atoms with Crippen LogP contribution in [0.3, 0.4) is 0 Å². The van der Waals surface area contributed by atoms with E-state index in [2.05, 4.69) is 17.0 Å². The average molecular weight is 284 g/mol. The first kappa shape index (κ1) is 13.9. The summed E-state index contributed by atoms with van der Waals surface area (Å²) < 4.78 is 0. The molecule has 21 heavy (non-hydrogen) atoms. The summed E-state index contributed by atoms with van der Waals surface area (Å²) in [7, 11) is 0. The lowest BCUT2D eigenvalue weighted by molar-refractivity contribution is -0.130. The van der Waals surface area contributed by atoms with E-state index in [0.717, 1.165) is 49.1 Å². The first-order valence-corrected chi connectivity index (χ1v) is 7.32. The van der Waals surface area contributed by atoms with Gasteiger partial charge in [0.15, 0.2) is 0 Å². The van der Waals surface area contributed by atoms with Crippen LogP contribution in [0.5, 0.6) is 5.75 Å². The van der Waals surface area contributed by atoms with Gasteiger partial charge in [-0.3, -0.25) is 9.69 Å². The van der Waals surface area contributed by atoms with Gasteiger partial charge in [0.05, 0.1) is 0 Å². The normalized spacial score (nSPS) is 16.3. The van der Waals surface area contributed by atoms with E-state index in [1.807, 2.05) is 23.1 Å². The fourth-order valence-corrected chi connectivity index (χ4v) is 2.94. The molecule has 0 aromatic heterocycles. The largest absolute Gasteiger partial charge is 0.508 e. The minimum atomic E-state index is 0.141. The number of piperazine rings is 1. The second-order valence-electron chi connectivity index (χ2n) is 5.57. The first-order chi connectivity index (χ1) is 10.1. The number of fused-ring (bicyclic) bond motifs is 1. The SMILES string of the molecule is CC(=O)N1CCN(Cc2c(O)ccc3ccccc23)CC1. The number of phenolic OH excluding ortho intramolecular Hbond substituents is 1. The van der Waals surface area contributed by atoms with E-state index in [4.69, 9.17) is 0 Å². The van der Waals surface area contributed by atoms with Gasteiger partial charge in [0, 0.05) is 45.2 Å². The highest BCUT2D eigenvalue weighted by molar-refractivity contribution is 5.87. The van der Waals surface area contributed by atoms with E-state index >= 15 is 0 Å². The Balaban J connectivity index is 1.80. The molecule has 1 saturated heterocycles. The molecule has 1 fully saturated rings. The van der Waals surface area contributed by atoms with E-state index in [0.29, 0.717) is 5.75 Å². The van der Waals surface area contributed by atoms with Gasteiger partial charge < -0.3 is 10.0 Å². The number of hydrogen-bond acceptors (Lipinski definition) is 3. The van der Waals surface area contributed by atoms with Crippen molar-refractivity contribution in [1.82, 2.24) is 9.80 Å². The zero-order valence-electron chi connectivity index (χ0n) is 12.2. The number of carbonyl (C=O) groups excluding carboxylic acids is 1. The van der Waals surface area contributed by atoms with Crippen LogP contribution in [0, 0.1) is 0 Å². The summed E-state index contributed by atoms with van der Waals surface area (Å²) in [5.74, 6) is 0.491. The maximum absolute atomic E-state index is 11.4. The second-order valence-corrected chi connectivity index (χ2v) is 5.57. The molecule has 0 saturated carbocycles. The van der Waals surface area contributed by atoms with Crippen molar-refractivity contribution in [1.29, 1.82) is 0 Å². The highest BCUT2D eigenvalue weighted by Gasteiger charge is 2.20. The summed E-state index contributed by atoms with van der Waals surface area (Å²) in [5.41, 5.74) is 0.976. The van der Waals surface area contributed by atoms with Crippen molar-refractivity contribution in [2.75, 3.05) is 26.2 Å². The fourth-order valence-electron chi connectivity index (χ4n) is 2.94. The summed E-state index contributed by atoms with van der Waals surface area (Å²) >= 11 is 0. The third-order valence-corrected chi connectivity index (χ3v) is 4.22. The van der Waals surface area contributed by atoms with Crippen molar-refractivity contribution in [3.05, 3.63) is 42.0 Å². The van der Waals surface area contributed by atoms with Crippen LogP contribution >= 0.6 is 0 Å². The Morgan fingerprint density at radius 2 is 1.81 bits per heavy atom. The van der Waals surface area contributed by atoms with Gasteiger partial charge in [-0.15, -0.1) is 0 Å². The molecule has 110 valence electrons. The lowest BCUT2D eigenvalue weighted by Gasteiger charge is -2.34. The van der Waals surface area contributed by atoms with Crippen LogP contribution in [0.4, 0.5) is 0 Å². The van der Waals surface area contributed by atoms with Crippen molar-refractivity contribution < 1.29 is 9.90 Å². The maximum atomic E-state index is 11.4. The van der Waals surface area contributed by atoms with Crippen molar-refractivity contribution in [3.63, 3.8) is 0 Å². The van der Waals surface area contributed by atoms with E-state index in [9.17, 15) is 9.90 Å². The van der Waals surface area contributed by atoms with Crippen LogP contribution in [0.1, 0.15) is 12.5 Å². The Morgan fingerprint density at radius 3 is 2.52 bits per heavy atom. The molecule has 0 radical (unpaired) electrons. The highest BCUT2D eigenvalue weighted by Crippen LogP contribution is 2.28. The zero-order valence-corrected chi connectivity index (χ0v) is 12.2. The summed E-state index contributed by atoms with van der Waals surface area (Å²) in [6, 6.07) is 11.8. The van der Waals surface area contributed by atoms with Gasteiger partial charge in [-0.1, -0.05) is 30.3 Å². The molecule has 4 nitrogen and oxygen atoms in total. The minimum absolute atomic E-state index is 0.141. The van der Waals surface area contributed by atoms with Gasteiger partial charge in [0.25, 0.3) is 0 Å². The standard InChI is InChI=1S/C17H20N2O2/c1-13(20)19-10-8-18(9-11-19)12-16-15-5-3-2-4-14(15)6-7-17(16)21/h2-7,21H,8-12H2,1H3. The van der Waals surface area contributed by atoms with Crippen LogP contribution in [0.2, 0.25) is 0 Å². The van der Waals surface area contributed by atoms with Gasteiger partial charge in [0.1, 0.15) is 5.75 Å². The summed E-state index contributed by atoms with van der Waals surface area (Å²) in [5, 5.41) is 12.4. The number of benzene rings is 2. The summed E-state index contributed by atoms with van der Waals surface area (Å²) in [6.45, 7) is 5.57. The van der Waals surface area contributed by atoms with Crippen molar-refractivity contribution in [3.8, 4) is 5.75 Å². The van der Waals surface area contributed by atoms with E-state index in [1.165, 1.54) is 0 Å². The third kappa shape index (κ3) is 2.85. The van der Waals surface area contributed by atoms with Gasteiger partial charge >= 0.3 is 0 Å². The van der Waals surface area contributed by atoms with Crippen LogP contribution in [0.25, 0.3) is 10.8 Å². The number of amides is 1. The molecule has 1 aliphatic rings. The molecule has 1 amide bonds. The van der Waals surface area contributed by atoms with Gasteiger partial charge in [-0.2, -0.15) is 0 Å². The number of phenols is 1. The number of aromatic hydroxyl groups is 1. The van der Waals surface area contributed by atoms with Crippen LogP contribution < -0.4 is 0 Å². The molecule has 0 atom stereocenters. The second kappa shape index (κ2) is 5.74. The van der Waals surface area contributed by atoms with E-state index in [1.54, 1.807) is 13.0 Å². The minimum Gasteiger partial charge on any atom is -0.508 e. The first-order valence-electron chi connectivity index (χ1n) is 7.32. The Kier molecular flexibility index (Phi) is 3.80. The number of carbonyl (C=O) groups is 1. The number of nitrogens with zero attached hydrogens (tertiary/aromatic N) is 2. The lowest BCUT2D eigenvalue weighted by Crippen LogP contribution is -2.47. The van der Waals surface area contributed by atoms with E-state index in [-0.39, 0.29) is 5.91 Å². The maximum Gasteiger partial charge on any atom is 0.219 e. The Hall–Kier alpha value is -2.07. The van der Waals surface area contributed by atoms with Crippen molar-refractivity contribution in [2.45, 2.75) is 13.5 Å². The van der Waals surface area contributed by atoms with Crippen molar-refractivity contribution >= 4 is 16.7 Å². The molecule has 4 heteroatoms. The molecule has 2 aromatic rings. The molecule has 0 bridgehead atoms. The van der Waals surface area contributed by atoms with Gasteiger partial charge in [-0.25, -0.2) is 0 Å². The Labute approximate surface area is 124 Å². The predicted molar refractivity (Wildman–Crippen MR) is 83.1 cm³/mol. The molecule has 0 spiro atoms. The monoisotopic (exact) mass is 284 g/mol. The number of hydrogen-bond donors (Lipinski definition) is 1. The Morgan fingerprint density at radius 1 is 1.10 bits per heavy atom. The van der Waals surface area contributed by atoms with Crippen molar-refractivity contribution in [2.24, 2.45) is 0 Å². The molecule has 0 unspecified atom stereocenters. The molecular weight excluding hydrogens is 264 g/mol. The smallest absolute Gasteiger partial charge is 0.219 e. The average Bonchev–Trinajstić information content (AvgIpc) is 2.51. The molecule has 1 heterocycles. The van der Waals surface area contributed by atoms with E-state index < -0.39 is 0 Å². The third-order valence-electron chi connectivity index (χ3n) is 4.22. The summed E-state index contributed by atoms with van der Waals surface area (Å²) in [4.78, 5) is 15.5. The quantitative estimate of drug-likeness (QED) is 0.919. The highest BCUT2D eigenvalue weighted by atomic mass is 16.3. The summed E-state index contributed by atoms with van der Waals surface area (Å²) in [6.07, 6.45) is 0. The molecule has 3 rings (SSSR count). The van der Waals surface area contributed by atoms with Gasteiger partial charge in [0.2, 0.25) is 5.91 Å². The topological polar surface area (TPSA) is 43.8 Å². The Bertz CT molecular complexity index is 661. The molecular formula is C17H20N2O2. The zero-order chi connectivity index (χ0) is 14.8. The molecule has 1 aliphatic heterocycles. The molecule has 0 aliphatic carbocycles. The molecule has 1 N–H and O–H groups in total. The van der Waals surface area contributed by atoms with Crippen LogP contribution in [-0.4, -0.2) is 47.0 Å². The predicted octanol–water partition coefficient (Wildman–Crippen LogP) is 2.21.